The fourth-order valence-corrected chi connectivity index (χ4v) is 4.38. The van der Waals surface area contributed by atoms with Gasteiger partial charge in [-0.05, 0) is 23.9 Å². The topological polar surface area (TPSA) is 98.2 Å². The summed E-state index contributed by atoms with van der Waals surface area (Å²) in [6.07, 6.45) is 3.37. The van der Waals surface area contributed by atoms with Gasteiger partial charge in [-0.3, -0.25) is 24.1 Å². The van der Waals surface area contributed by atoms with Gasteiger partial charge in [0.05, 0.1) is 25.2 Å². The monoisotopic (exact) mass is 443 g/mol. The van der Waals surface area contributed by atoms with E-state index in [0.717, 1.165) is 27.6 Å². The van der Waals surface area contributed by atoms with Gasteiger partial charge in [0, 0.05) is 35.8 Å². The Balaban J connectivity index is 1.57. The third kappa shape index (κ3) is 4.35. The van der Waals surface area contributed by atoms with Crippen LogP contribution in [0.2, 0.25) is 0 Å². The fourth-order valence-electron chi connectivity index (χ4n) is 3.55. The maximum Gasteiger partial charge on any atom is 0.325 e. The number of morpholine rings is 1. The van der Waals surface area contributed by atoms with Gasteiger partial charge in [0.15, 0.2) is 0 Å². The molecule has 3 heterocycles. The van der Waals surface area contributed by atoms with E-state index in [2.05, 4.69) is 0 Å². The molecule has 0 spiro atoms. The van der Waals surface area contributed by atoms with Crippen molar-refractivity contribution in [3.8, 4) is 0 Å². The number of aromatic nitrogens is 1. The lowest BCUT2D eigenvalue weighted by molar-refractivity contribution is -0.141. The first-order chi connectivity index (χ1) is 15.0. The number of amides is 3. The van der Waals surface area contributed by atoms with Crippen LogP contribution in [0.3, 0.4) is 0 Å². The highest BCUT2D eigenvalue weighted by molar-refractivity contribution is 8.18. The third-order valence-electron chi connectivity index (χ3n) is 5.16. The minimum atomic E-state index is -0.499. The van der Waals surface area contributed by atoms with Gasteiger partial charge >= 0.3 is 5.97 Å². The smallest absolute Gasteiger partial charge is 0.325 e. The van der Waals surface area contributed by atoms with Crippen molar-refractivity contribution >= 4 is 51.8 Å². The van der Waals surface area contributed by atoms with E-state index in [1.807, 2.05) is 24.3 Å². The summed E-state index contributed by atoms with van der Waals surface area (Å²) >= 11 is 0.804. The number of methoxy groups -OCH3 is 1. The van der Waals surface area contributed by atoms with Gasteiger partial charge < -0.3 is 18.9 Å². The summed E-state index contributed by atoms with van der Waals surface area (Å²) in [4.78, 5) is 52.3. The van der Waals surface area contributed by atoms with Gasteiger partial charge in [-0.1, -0.05) is 18.2 Å². The van der Waals surface area contributed by atoms with Gasteiger partial charge in [-0.15, -0.1) is 0 Å². The predicted molar refractivity (Wildman–Crippen MR) is 114 cm³/mol. The number of fused-ring (bicyclic) bond motifs is 1. The van der Waals surface area contributed by atoms with Crippen molar-refractivity contribution in [2.24, 2.45) is 0 Å². The fraction of sp³-hybridized carbons (Fsp3) is 0.333. The zero-order valence-electron chi connectivity index (χ0n) is 16.9. The van der Waals surface area contributed by atoms with Crippen LogP contribution in [0.1, 0.15) is 5.56 Å². The highest BCUT2D eigenvalue weighted by Crippen LogP contribution is 2.34. The van der Waals surface area contributed by atoms with Crippen LogP contribution in [-0.2, 0) is 30.4 Å². The van der Waals surface area contributed by atoms with Gasteiger partial charge in [0.1, 0.15) is 13.1 Å². The van der Waals surface area contributed by atoms with E-state index in [1.54, 1.807) is 21.7 Å². The normalized spacial score (nSPS) is 18.3. The molecule has 162 valence electrons. The molecule has 0 aliphatic carbocycles. The molecule has 0 atom stereocenters. The second-order valence-electron chi connectivity index (χ2n) is 7.07. The molecule has 9 nitrogen and oxygen atoms in total. The number of carbonyl (C=O) groups excluding carboxylic acids is 4. The number of hydrogen-bond acceptors (Lipinski definition) is 7. The molecule has 0 bridgehead atoms. The van der Waals surface area contributed by atoms with Crippen molar-refractivity contribution in [3.63, 3.8) is 0 Å². The summed E-state index contributed by atoms with van der Waals surface area (Å²) in [6, 6.07) is 7.45. The highest BCUT2D eigenvalue weighted by atomic mass is 32.2. The molecule has 31 heavy (non-hydrogen) atoms. The Kier molecular flexibility index (Phi) is 6.10. The second kappa shape index (κ2) is 8.94. The number of benzene rings is 1. The molecule has 2 aliphatic heterocycles. The Labute approximate surface area is 182 Å². The number of carbonyl (C=O) groups is 4. The molecule has 0 radical (unpaired) electrons. The van der Waals surface area contributed by atoms with Crippen LogP contribution in [0.4, 0.5) is 4.79 Å². The maximum atomic E-state index is 12.8. The van der Waals surface area contributed by atoms with Crippen LogP contribution in [0.25, 0.3) is 17.0 Å². The summed E-state index contributed by atoms with van der Waals surface area (Å²) in [5, 5.41) is 0.360. The molecule has 10 heteroatoms. The third-order valence-corrected chi connectivity index (χ3v) is 6.07. The van der Waals surface area contributed by atoms with Crippen molar-refractivity contribution in [3.05, 3.63) is 40.9 Å². The SMILES string of the molecule is COC(=O)Cn1cc(/C=C2\SC(=O)N(CC(=O)N3CCOCC3)C2=O)c2ccccc21. The van der Waals surface area contributed by atoms with Crippen molar-refractivity contribution in [1.82, 2.24) is 14.4 Å². The molecule has 2 saturated heterocycles. The molecule has 1 aromatic carbocycles. The largest absolute Gasteiger partial charge is 0.468 e. The summed E-state index contributed by atoms with van der Waals surface area (Å²) in [5.41, 5.74) is 1.50. The molecule has 4 rings (SSSR count). The lowest BCUT2D eigenvalue weighted by Gasteiger charge is -2.28. The standard InChI is InChI=1S/C21H21N3O6S/c1-29-19(26)13-23-11-14(15-4-2-3-5-16(15)23)10-17-20(27)24(21(28)31-17)12-18(25)22-6-8-30-9-7-22/h2-5,10-11H,6-9,12-13H2,1H3/b17-10-. The molecular weight excluding hydrogens is 422 g/mol. The summed E-state index contributed by atoms with van der Waals surface area (Å²) in [6.45, 7) is 1.54. The molecule has 3 amide bonds. The predicted octanol–water partition coefficient (Wildman–Crippen LogP) is 1.71. The average molecular weight is 443 g/mol. The van der Waals surface area contributed by atoms with E-state index in [9.17, 15) is 19.2 Å². The second-order valence-corrected chi connectivity index (χ2v) is 8.06. The van der Waals surface area contributed by atoms with Crippen molar-refractivity contribution in [2.45, 2.75) is 6.54 Å². The lowest BCUT2D eigenvalue weighted by atomic mass is 10.1. The Morgan fingerprint density at radius 3 is 2.65 bits per heavy atom. The number of nitrogens with zero attached hydrogens (tertiary/aromatic N) is 3. The lowest BCUT2D eigenvalue weighted by Crippen LogP contribution is -2.46. The van der Waals surface area contributed by atoms with Crippen LogP contribution in [-0.4, -0.2) is 77.3 Å². The minimum absolute atomic E-state index is 0.0282. The van der Waals surface area contributed by atoms with E-state index >= 15 is 0 Å². The number of esters is 1. The molecule has 0 N–H and O–H groups in total. The zero-order chi connectivity index (χ0) is 22.0. The first kappa shape index (κ1) is 21.1. The Hall–Kier alpha value is -3.11. The molecular formula is C21H21N3O6S. The first-order valence-corrected chi connectivity index (χ1v) is 10.5. The number of rotatable bonds is 5. The molecule has 1 aromatic heterocycles. The molecule has 2 aliphatic rings. The number of hydrogen-bond donors (Lipinski definition) is 0. The van der Waals surface area contributed by atoms with Crippen LogP contribution < -0.4 is 0 Å². The molecule has 2 aromatic rings. The first-order valence-electron chi connectivity index (χ1n) is 9.73. The van der Waals surface area contributed by atoms with Gasteiger partial charge in [-0.25, -0.2) is 0 Å². The quantitative estimate of drug-likeness (QED) is 0.513. The van der Waals surface area contributed by atoms with Gasteiger partial charge in [0.2, 0.25) is 5.91 Å². The summed E-state index contributed by atoms with van der Waals surface area (Å²) in [7, 11) is 1.32. The Morgan fingerprint density at radius 1 is 1.16 bits per heavy atom. The van der Waals surface area contributed by atoms with E-state index in [1.165, 1.54) is 7.11 Å². The van der Waals surface area contributed by atoms with Crippen LogP contribution in [0.5, 0.6) is 0 Å². The minimum Gasteiger partial charge on any atom is -0.468 e. The summed E-state index contributed by atoms with van der Waals surface area (Å²) < 4.78 is 11.7. The molecule has 0 unspecified atom stereocenters. The van der Waals surface area contributed by atoms with E-state index in [0.29, 0.717) is 31.9 Å². The highest BCUT2D eigenvalue weighted by Gasteiger charge is 2.37. The number of ether oxygens (including phenoxy) is 2. The Morgan fingerprint density at radius 2 is 1.90 bits per heavy atom. The average Bonchev–Trinajstić information content (AvgIpc) is 3.26. The van der Waals surface area contributed by atoms with Crippen LogP contribution >= 0.6 is 11.8 Å². The van der Waals surface area contributed by atoms with E-state index in [-0.39, 0.29) is 23.9 Å². The van der Waals surface area contributed by atoms with Crippen molar-refractivity contribution in [1.29, 1.82) is 0 Å². The van der Waals surface area contributed by atoms with E-state index < -0.39 is 17.1 Å². The van der Waals surface area contributed by atoms with Crippen LogP contribution in [0.15, 0.2) is 35.4 Å². The van der Waals surface area contributed by atoms with E-state index in [4.69, 9.17) is 9.47 Å². The zero-order valence-corrected chi connectivity index (χ0v) is 17.7. The maximum absolute atomic E-state index is 12.8. The van der Waals surface area contributed by atoms with Gasteiger partial charge in [-0.2, -0.15) is 0 Å². The number of imide groups is 1. The Bertz CT molecular complexity index is 1090. The number of para-hydroxylation sites is 1. The molecule has 2 fully saturated rings. The van der Waals surface area contributed by atoms with Crippen LogP contribution in [0, 0.1) is 0 Å². The van der Waals surface area contributed by atoms with Gasteiger partial charge in [0.25, 0.3) is 11.1 Å². The summed E-state index contributed by atoms with van der Waals surface area (Å²) in [5.74, 6) is -1.17. The number of thioether (sulfide) groups is 1. The van der Waals surface area contributed by atoms with Crippen molar-refractivity contribution < 1.29 is 28.7 Å². The van der Waals surface area contributed by atoms with Crippen molar-refractivity contribution in [2.75, 3.05) is 40.0 Å². The molecule has 0 saturated carbocycles.